The molecule has 19 heavy (non-hydrogen) atoms. The molecular formula is C15H19FN2O. The van der Waals surface area contributed by atoms with Gasteiger partial charge in [0.2, 0.25) is 0 Å². The topological polar surface area (TPSA) is 42.4 Å². The van der Waals surface area contributed by atoms with Crippen molar-refractivity contribution in [2.45, 2.75) is 19.5 Å². The van der Waals surface area contributed by atoms with Crippen molar-refractivity contribution in [3.05, 3.63) is 59.3 Å². The van der Waals surface area contributed by atoms with Crippen LogP contribution in [0.1, 0.15) is 22.7 Å². The summed E-state index contributed by atoms with van der Waals surface area (Å²) >= 11 is 0. The highest BCUT2D eigenvalue weighted by Gasteiger charge is 2.17. The lowest BCUT2D eigenvalue weighted by atomic mass is 10.0. The molecule has 0 bridgehead atoms. The van der Waals surface area contributed by atoms with Crippen LogP contribution in [0.25, 0.3) is 0 Å². The molecule has 0 aliphatic heterocycles. The van der Waals surface area contributed by atoms with Crippen molar-refractivity contribution in [2.24, 2.45) is 5.73 Å². The van der Waals surface area contributed by atoms with E-state index in [1.165, 1.54) is 0 Å². The molecule has 3 nitrogen and oxygen atoms in total. The number of hydrogen-bond donors (Lipinski definition) is 1. The summed E-state index contributed by atoms with van der Waals surface area (Å²) in [4.78, 5) is 2.09. The smallest absolute Gasteiger partial charge is 0.126 e. The van der Waals surface area contributed by atoms with Gasteiger partial charge >= 0.3 is 0 Å². The van der Waals surface area contributed by atoms with Crippen molar-refractivity contribution < 1.29 is 8.81 Å². The van der Waals surface area contributed by atoms with Crippen molar-refractivity contribution in [3.8, 4) is 0 Å². The summed E-state index contributed by atoms with van der Waals surface area (Å²) in [7, 11) is 1.97. The molecule has 1 aromatic carbocycles. The number of rotatable bonds is 5. The van der Waals surface area contributed by atoms with Gasteiger partial charge in [-0.1, -0.05) is 12.1 Å². The van der Waals surface area contributed by atoms with E-state index in [4.69, 9.17) is 10.2 Å². The van der Waals surface area contributed by atoms with E-state index in [9.17, 15) is 4.39 Å². The predicted molar refractivity (Wildman–Crippen MR) is 73.1 cm³/mol. The number of halogens is 1. The number of likely N-dealkylation sites (N-methyl/N-ethyl adjacent to an activating group) is 1. The van der Waals surface area contributed by atoms with E-state index >= 15 is 0 Å². The van der Waals surface area contributed by atoms with Crippen LogP contribution >= 0.6 is 0 Å². The molecule has 1 heterocycles. The molecule has 0 fully saturated rings. The van der Waals surface area contributed by atoms with Crippen LogP contribution in [-0.2, 0) is 6.54 Å². The third kappa shape index (κ3) is 3.22. The maximum Gasteiger partial charge on any atom is 0.126 e. The molecule has 0 spiro atoms. The Hall–Kier alpha value is -1.65. The van der Waals surface area contributed by atoms with E-state index in [0.717, 1.165) is 11.1 Å². The average molecular weight is 262 g/mol. The summed E-state index contributed by atoms with van der Waals surface area (Å²) in [5.41, 5.74) is 8.46. The second kappa shape index (κ2) is 5.99. The zero-order valence-corrected chi connectivity index (χ0v) is 11.3. The largest absolute Gasteiger partial charge is 0.472 e. The number of benzene rings is 1. The van der Waals surface area contributed by atoms with Gasteiger partial charge in [-0.25, -0.2) is 4.39 Å². The molecule has 0 aliphatic rings. The normalized spacial score (nSPS) is 12.9. The van der Waals surface area contributed by atoms with Crippen molar-refractivity contribution in [2.75, 3.05) is 13.6 Å². The Morgan fingerprint density at radius 1 is 1.37 bits per heavy atom. The van der Waals surface area contributed by atoms with Gasteiger partial charge in [0.05, 0.1) is 12.5 Å². The minimum atomic E-state index is -0.187. The first kappa shape index (κ1) is 13.8. The molecule has 1 unspecified atom stereocenters. The third-order valence-electron chi connectivity index (χ3n) is 3.35. The fourth-order valence-electron chi connectivity index (χ4n) is 2.17. The second-order valence-electron chi connectivity index (χ2n) is 4.81. The highest BCUT2D eigenvalue weighted by Crippen LogP contribution is 2.22. The van der Waals surface area contributed by atoms with E-state index in [1.54, 1.807) is 31.6 Å². The van der Waals surface area contributed by atoms with Crippen LogP contribution in [0.15, 0.2) is 41.2 Å². The zero-order valence-electron chi connectivity index (χ0n) is 11.3. The van der Waals surface area contributed by atoms with Gasteiger partial charge in [0, 0.05) is 24.7 Å². The lowest BCUT2D eigenvalue weighted by Crippen LogP contribution is -2.30. The van der Waals surface area contributed by atoms with Gasteiger partial charge in [0.1, 0.15) is 5.82 Å². The fraction of sp³-hybridized carbons (Fsp3) is 0.333. The molecule has 0 amide bonds. The Morgan fingerprint density at radius 2 is 2.16 bits per heavy atom. The maximum absolute atomic E-state index is 13.6. The highest BCUT2D eigenvalue weighted by atomic mass is 19.1. The summed E-state index contributed by atoms with van der Waals surface area (Å²) in [5.74, 6) is -0.187. The Balaban J connectivity index is 2.16. The SMILES string of the molecule is Cc1ccc(C(CN)N(C)Cc2ccoc2)cc1F. The standard InChI is InChI=1S/C15H19FN2O/c1-11-3-4-13(7-14(11)16)15(8-17)18(2)9-12-5-6-19-10-12/h3-7,10,15H,8-9,17H2,1-2H3. The van der Waals surface area contributed by atoms with E-state index in [0.29, 0.717) is 18.7 Å². The Kier molecular flexibility index (Phi) is 4.35. The van der Waals surface area contributed by atoms with Crippen LogP contribution in [0.4, 0.5) is 4.39 Å². The lowest BCUT2D eigenvalue weighted by Gasteiger charge is -2.27. The van der Waals surface area contributed by atoms with E-state index in [2.05, 4.69) is 4.90 Å². The zero-order chi connectivity index (χ0) is 13.8. The van der Waals surface area contributed by atoms with Gasteiger partial charge in [-0.2, -0.15) is 0 Å². The molecule has 2 aromatic rings. The first-order valence-corrected chi connectivity index (χ1v) is 6.29. The van der Waals surface area contributed by atoms with Crippen LogP contribution in [0.3, 0.4) is 0 Å². The minimum absolute atomic E-state index is 0.00926. The quantitative estimate of drug-likeness (QED) is 0.901. The Morgan fingerprint density at radius 3 is 2.74 bits per heavy atom. The van der Waals surface area contributed by atoms with E-state index in [1.807, 2.05) is 19.2 Å². The number of aryl methyl sites for hydroxylation is 1. The number of hydrogen-bond acceptors (Lipinski definition) is 3. The summed E-state index contributed by atoms with van der Waals surface area (Å²) in [6.45, 7) is 2.91. The van der Waals surface area contributed by atoms with Gasteiger partial charge in [0.25, 0.3) is 0 Å². The predicted octanol–water partition coefficient (Wildman–Crippen LogP) is 2.86. The van der Waals surface area contributed by atoms with Crippen LogP contribution in [-0.4, -0.2) is 18.5 Å². The summed E-state index contributed by atoms with van der Waals surface area (Å²) in [6, 6.07) is 7.20. The molecule has 0 aliphatic carbocycles. The lowest BCUT2D eigenvalue weighted by molar-refractivity contribution is 0.240. The molecular weight excluding hydrogens is 243 g/mol. The van der Waals surface area contributed by atoms with Crippen molar-refractivity contribution in [1.29, 1.82) is 0 Å². The van der Waals surface area contributed by atoms with E-state index < -0.39 is 0 Å². The van der Waals surface area contributed by atoms with Crippen LogP contribution < -0.4 is 5.73 Å². The number of furan rings is 1. The van der Waals surface area contributed by atoms with Gasteiger partial charge in [-0.3, -0.25) is 4.90 Å². The van der Waals surface area contributed by atoms with Gasteiger partial charge in [0.15, 0.2) is 0 Å². The number of nitrogens with zero attached hydrogens (tertiary/aromatic N) is 1. The minimum Gasteiger partial charge on any atom is -0.472 e. The van der Waals surface area contributed by atoms with Gasteiger partial charge in [-0.05, 0) is 37.2 Å². The monoisotopic (exact) mass is 262 g/mol. The molecule has 1 atom stereocenters. The third-order valence-corrected chi connectivity index (χ3v) is 3.35. The van der Waals surface area contributed by atoms with E-state index in [-0.39, 0.29) is 11.9 Å². The van der Waals surface area contributed by atoms with Gasteiger partial charge in [-0.15, -0.1) is 0 Å². The molecule has 0 saturated carbocycles. The Labute approximate surface area is 112 Å². The highest BCUT2D eigenvalue weighted by molar-refractivity contribution is 5.26. The summed E-state index contributed by atoms with van der Waals surface area (Å²) in [5, 5.41) is 0. The summed E-state index contributed by atoms with van der Waals surface area (Å²) in [6.07, 6.45) is 3.35. The molecule has 4 heteroatoms. The van der Waals surface area contributed by atoms with Crippen LogP contribution in [0.5, 0.6) is 0 Å². The molecule has 0 saturated heterocycles. The van der Waals surface area contributed by atoms with Crippen molar-refractivity contribution in [3.63, 3.8) is 0 Å². The fourth-order valence-corrected chi connectivity index (χ4v) is 2.17. The van der Waals surface area contributed by atoms with Crippen LogP contribution in [0.2, 0.25) is 0 Å². The van der Waals surface area contributed by atoms with Crippen molar-refractivity contribution in [1.82, 2.24) is 4.90 Å². The summed E-state index contributed by atoms with van der Waals surface area (Å²) < 4.78 is 18.7. The second-order valence-corrected chi connectivity index (χ2v) is 4.81. The first-order chi connectivity index (χ1) is 9.11. The van der Waals surface area contributed by atoms with Crippen LogP contribution in [0, 0.1) is 12.7 Å². The Bertz CT molecular complexity index is 525. The average Bonchev–Trinajstić information content (AvgIpc) is 2.87. The first-order valence-electron chi connectivity index (χ1n) is 6.29. The van der Waals surface area contributed by atoms with Crippen molar-refractivity contribution >= 4 is 0 Å². The molecule has 0 radical (unpaired) electrons. The maximum atomic E-state index is 13.6. The molecule has 2 N–H and O–H groups in total. The molecule has 2 rings (SSSR count). The molecule has 102 valence electrons. The number of nitrogens with two attached hydrogens (primary N) is 1. The molecule has 1 aromatic heterocycles. The van der Waals surface area contributed by atoms with Gasteiger partial charge < -0.3 is 10.2 Å².